The Bertz CT molecular complexity index is 566. The molecule has 1 aliphatic heterocycles. The summed E-state index contributed by atoms with van der Waals surface area (Å²) in [5.74, 6) is -0.382. The van der Waals surface area contributed by atoms with Gasteiger partial charge in [-0.05, 0) is 24.3 Å². The number of rotatable bonds is 3. The van der Waals surface area contributed by atoms with E-state index >= 15 is 0 Å². The number of hydrogen-bond donors (Lipinski definition) is 1. The van der Waals surface area contributed by atoms with Crippen LogP contribution in [0.2, 0.25) is 0 Å². The molecular formula is C15H18BrN3O3. The molecule has 1 aromatic rings. The fourth-order valence-corrected chi connectivity index (χ4v) is 2.51. The quantitative estimate of drug-likeness (QED) is 0.861. The third-order valence-electron chi connectivity index (χ3n) is 3.58. The molecule has 2 rings (SSSR count). The number of benzene rings is 1. The number of halogens is 1. The maximum Gasteiger partial charge on any atom is 0.251 e. The summed E-state index contributed by atoms with van der Waals surface area (Å²) in [6.07, 6.45) is 0. The van der Waals surface area contributed by atoms with Crippen molar-refractivity contribution in [3.05, 3.63) is 34.3 Å². The lowest BCUT2D eigenvalue weighted by molar-refractivity contribution is -0.137. The number of amides is 3. The Hall–Kier alpha value is -1.89. The van der Waals surface area contributed by atoms with Gasteiger partial charge in [0.05, 0.1) is 6.54 Å². The molecule has 3 amide bonds. The van der Waals surface area contributed by atoms with Crippen molar-refractivity contribution in [3.8, 4) is 0 Å². The average Bonchev–Trinajstić information content (AvgIpc) is 2.53. The first-order chi connectivity index (χ1) is 10.5. The second kappa shape index (κ2) is 7.40. The van der Waals surface area contributed by atoms with Crippen LogP contribution in [0.5, 0.6) is 0 Å². The van der Waals surface area contributed by atoms with Gasteiger partial charge in [-0.15, -0.1) is 0 Å². The Kier molecular flexibility index (Phi) is 5.54. The molecule has 118 valence electrons. The van der Waals surface area contributed by atoms with Crippen LogP contribution in [0.3, 0.4) is 0 Å². The molecule has 0 spiro atoms. The normalized spacial score (nSPS) is 14.6. The number of carbonyl (C=O) groups is 3. The van der Waals surface area contributed by atoms with Gasteiger partial charge in [-0.3, -0.25) is 14.4 Å². The van der Waals surface area contributed by atoms with Gasteiger partial charge in [0.15, 0.2) is 0 Å². The van der Waals surface area contributed by atoms with Crippen molar-refractivity contribution in [2.75, 3.05) is 32.7 Å². The molecule has 0 aliphatic carbocycles. The van der Waals surface area contributed by atoms with Gasteiger partial charge < -0.3 is 15.1 Å². The zero-order valence-electron chi connectivity index (χ0n) is 12.3. The van der Waals surface area contributed by atoms with E-state index in [0.29, 0.717) is 31.7 Å². The molecule has 6 nitrogen and oxygen atoms in total. The van der Waals surface area contributed by atoms with Crippen LogP contribution in [-0.4, -0.2) is 60.2 Å². The molecule has 1 aliphatic rings. The molecule has 1 aromatic carbocycles. The second-order valence-corrected chi connectivity index (χ2v) is 5.99. The van der Waals surface area contributed by atoms with E-state index in [9.17, 15) is 14.4 Å². The lowest BCUT2D eigenvalue weighted by atomic mass is 10.2. The van der Waals surface area contributed by atoms with Crippen LogP contribution >= 0.6 is 15.9 Å². The Morgan fingerprint density at radius 3 is 2.14 bits per heavy atom. The molecule has 22 heavy (non-hydrogen) atoms. The Morgan fingerprint density at radius 2 is 1.59 bits per heavy atom. The molecule has 0 saturated carbocycles. The first-order valence-electron chi connectivity index (χ1n) is 7.04. The molecule has 0 unspecified atom stereocenters. The number of nitrogens with zero attached hydrogens (tertiary/aromatic N) is 2. The third kappa shape index (κ3) is 4.30. The van der Waals surface area contributed by atoms with Gasteiger partial charge in [0.2, 0.25) is 11.8 Å². The predicted octanol–water partition coefficient (Wildman–Crippen LogP) is 0.870. The average molecular weight is 368 g/mol. The molecule has 0 bridgehead atoms. The highest BCUT2D eigenvalue weighted by Crippen LogP contribution is 2.10. The van der Waals surface area contributed by atoms with Gasteiger partial charge in [0.1, 0.15) is 0 Å². The van der Waals surface area contributed by atoms with Crippen LogP contribution in [0.15, 0.2) is 28.7 Å². The smallest absolute Gasteiger partial charge is 0.251 e. The van der Waals surface area contributed by atoms with Crippen molar-refractivity contribution in [2.24, 2.45) is 0 Å². The van der Waals surface area contributed by atoms with Crippen molar-refractivity contribution in [1.82, 2.24) is 15.1 Å². The molecular weight excluding hydrogens is 350 g/mol. The maximum atomic E-state index is 12.1. The zero-order chi connectivity index (χ0) is 16.1. The standard InChI is InChI=1S/C15H18BrN3O3/c1-11(20)18-6-8-19(9-7-18)14(21)10-17-15(22)12-2-4-13(16)5-3-12/h2-5H,6-10H2,1H3,(H,17,22). The van der Waals surface area contributed by atoms with Crippen LogP contribution < -0.4 is 5.32 Å². The van der Waals surface area contributed by atoms with Gasteiger partial charge in [-0.1, -0.05) is 15.9 Å². The second-order valence-electron chi connectivity index (χ2n) is 5.08. The van der Waals surface area contributed by atoms with E-state index in [-0.39, 0.29) is 24.3 Å². The highest BCUT2D eigenvalue weighted by atomic mass is 79.9. The minimum absolute atomic E-state index is 0.0237. The van der Waals surface area contributed by atoms with E-state index in [2.05, 4.69) is 21.2 Å². The summed E-state index contributed by atoms with van der Waals surface area (Å²) in [7, 11) is 0. The Balaban J connectivity index is 1.79. The van der Waals surface area contributed by atoms with Gasteiger partial charge in [0, 0.05) is 43.1 Å². The lowest BCUT2D eigenvalue weighted by Gasteiger charge is -2.34. The Morgan fingerprint density at radius 1 is 1.05 bits per heavy atom. The van der Waals surface area contributed by atoms with E-state index in [0.717, 1.165) is 4.47 Å². The highest BCUT2D eigenvalue weighted by molar-refractivity contribution is 9.10. The molecule has 1 fully saturated rings. The first kappa shape index (κ1) is 16.5. The number of carbonyl (C=O) groups excluding carboxylic acids is 3. The number of hydrogen-bond acceptors (Lipinski definition) is 3. The monoisotopic (exact) mass is 367 g/mol. The summed E-state index contributed by atoms with van der Waals surface area (Å²) in [6, 6.07) is 6.93. The largest absolute Gasteiger partial charge is 0.343 e. The molecule has 1 N–H and O–H groups in total. The predicted molar refractivity (Wildman–Crippen MR) is 85.3 cm³/mol. The number of piperazine rings is 1. The summed E-state index contributed by atoms with van der Waals surface area (Å²) in [4.78, 5) is 38.6. The molecule has 0 atom stereocenters. The minimum atomic E-state index is -0.275. The van der Waals surface area contributed by atoms with E-state index in [1.165, 1.54) is 6.92 Å². The van der Waals surface area contributed by atoms with E-state index in [1.807, 2.05) is 0 Å². The van der Waals surface area contributed by atoms with Crippen LogP contribution in [0.25, 0.3) is 0 Å². The number of nitrogens with one attached hydrogen (secondary N) is 1. The molecule has 7 heteroatoms. The highest BCUT2D eigenvalue weighted by Gasteiger charge is 2.22. The lowest BCUT2D eigenvalue weighted by Crippen LogP contribution is -2.52. The summed E-state index contributed by atoms with van der Waals surface area (Å²) < 4.78 is 0.892. The van der Waals surface area contributed by atoms with Crippen LogP contribution in [0.1, 0.15) is 17.3 Å². The molecule has 1 heterocycles. The summed E-state index contributed by atoms with van der Waals surface area (Å²) in [5.41, 5.74) is 0.511. The fraction of sp³-hybridized carbons (Fsp3) is 0.400. The van der Waals surface area contributed by atoms with Crippen LogP contribution in [-0.2, 0) is 9.59 Å². The first-order valence-corrected chi connectivity index (χ1v) is 7.83. The molecule has 0 radical (unpaired) electrons. The zero-order valence-corrected chi connectivity index (χ0v) is 13.9. The van der Waals surface area contributed by atoms with Gasteiger partial charge in [-0.2, -0.15) is 0 Å². The van der Waals surface area contributed by atoms with Crippen molar-refractivity contribution in [3.63, 3.8) is 0 Å². The minimum Gasteiger partial charge on any atom is -0.343 e. The third-order valence-corrected chi connectivity index (χ3v) is 4.11. The van der Waals surface area contributed by atoms with Gasteiger partial charge in [-0.25, -0.2) is 0 Å². The van der Waals surface area contributed by atoms with E-state index in [1.54, 1.807) is 34.1 Å². The summed E-state index contributed by atoms with van der Waals surface area (Å²) >= 11 is 3.30. The van der Waals surface area contributed by atoms with Gasteiger partial charge >= 0.3 is 0 Å². The van der Waals surface area contributed by atoms with E-state index < -0.39 is 0 Å². The van der Waals surface area contributed by atoms with Gasteiger partial charge in [0.25, 0.3) is 5.91 Å². The molecule has 0 aromatic heterocycles. The van der Waals surface area contributed by atoms with Crippen molar-refractivity contribution >= 4 is 33.7 Å². The molecule has 1 saturated heterocycles. The van der Waals surface area contributed by atoms with Crippen molar-refractivity contribution < 1.29 is 14.4 Å². The Labute approximate surface area is 137 Å². The van der Waals surface area contributed by atoms with E-state index in [4.69, 9.17) is 0 Å². The maximum absolute atomic E-state index is 12.1. The topological polar surface area (TPSA) is 69.7 Å². The summed E-state index contributed by atoms with van der Waals surface area (Å²) in [6.45, 7) is 3.59. The van der Waals surface area contributed by atoms with Crippen LogP contribution in [0.4, 0.5) is 0 Å². The van der Waals surface area contributed by atoms with Crippen molar-refractivity contribution in [2.45, 2.75) is 6.92 Å². The fourth-order valence-electron chi connectivity index (χ4n) is 2.24. The van der Waals surface area contributed by atoms with Crippen LogP contribution in [0, 0.1) is 0 Å². The SMILES string of the molecule is CC(=O)N1CCN(C(=O)CNC(=O)c2ccc(Br)cc2)CC1. The van der Waals surface area contributed by atoms with Crippen molar-refractivity contribution in [1.29, 1.82) is 0 Å². The summed E-state index contributed by atoms with van der Waals surface area (Å²) in [5, 5.41) is 2.62.